The molecule has 3 N–H and O–H groups in total. The summed E-state index contributed by atoms with van der Waals surface area (Å²) in [5.74, 6) is -3.48. The number of carbonyl (C=O) groups excluding carboxylic acids is 2. The van der Waals surface area contributed by atoms with Gasteiger partial charge in [-0.25, -0.2) is 14.2 Å². The number of pyridine rings is 2. The van der Waals surface area contributed by atoms with Crippen LogP contribution in [0, 0.1) is 12.7 Å². The predicted octanol–water partition coefficient (Wildman–Crippen LogP) is 2.55. The Bertz CT molecular complexity index is 1770. The molecule has 1 amide bonds. The van der Waals surface area contributed by atoms with E-state index < -0.39 is 47.2 Å². The summed E-state index contributed by atoms with van der Waals surface area (Å²) in [7, 11) is 0. The summed E-state index contributed by atoms with van der Waals surface area (Å²) in [4.78, 5) is 43.2. The third-order valence-corrected chi connectivity index (χ3v) is 8.17. The maximum atomic E-state index is 14.9. The summed E-state index contributed by atoms with van der Waals surface area (Å²) in [6.07, 6.45) is -9.91. The van der Waals surface area contributed by atoms with Gasteiger partial charge in [0.1, 0.15) is 12.4 Å². The number of hydrogen-bond donors (Lipinski definition) is 3. The summed E-state index contributed by atoms with van der Waals surface area (Å²) in [6.45, 7) is 2.59. The number of rotatable bonds is 3. The number of amides is 1. The lowest BCUT2D eigenvalue weighted by Gasteiger charge is -2.31. The summed E-state index contributed by atoms with van der Waals surface area (Å²) in [5, 5.41) is 23.3. The molecule has 2 aliphatic heterocycles. The van der Waals surface area contributed by atoms with Gasteiger partial charge in [0.25, 0.3) is 11.5 Å². The number of ether oxygens (including phenoxy) is 1. The van der Waals surface area contributed by atoms with Gasteiger partial charge in [-0.2, -0.15) is 13.2 Å². The van der Waals surface area contributed by atoms with Crippen LogP contribution in [0.2, 0.25) is 0 Å². The van der Waals surface area contributed by atoms with Crippen molar-refractivity contribution in [3.8, 4) is 11.4 Å². The Morgan fingerprint density at radius 1 is 1.32 bits per heavy atom. The minimum absolute atomic E-state index is 0.0161. The van der Waals surface area contributed by atoms with Crippen molar-refractivity contribution in [2.24, 2.45) is 0 Å². The molecule has 3 aliphatic rings. The van der Waals surface area contributed by atoms with Crippen LogP contribution in [0.15, 0.2) is 16.9 Å². The molecule has 3 aromatic rings. The van der Waals surface area contributed by atoms with Gasteiger partial charge in [-0.1, -0.05) is 6.92 Å². The number of benzene rings is 1. The van der Waals surface area contributed by atoms with Crippen LogP contribution < -0.4 is 10.9 Å². The molecule has 0 bridgehead atoms. The molecule has 0 fully saturated rings. The normalized spacial score (nSPS) is 23.1. The maximum Gasteiger partial charge on any atom is 0.423 e. The van der Waals surface area contributed by atoms with Crippen molar-refractivity contribution in [1.29, 1.82) is 0 Å². The zero-order valence-electron chi connectivity index (χ0n) is 22.2. The van der Waals surface area contributed by atoms with Crippen LogP contribution >= 0.6 is 0 Å². The first-order chi connectivity index (χ1) is 19.1. The Hall–Kier alpha value is -3.84. The summed E-state index contributed by atoms with van der Waals surface area (Å²) in [6, 6.07) is 1.44. The van der Waals surface area contributed by atoms with Gasteiger partial charge in [-0.05, 0) is 48.9 Å². The summed E-state index contributed by atoms with van der Waals surface area (Å²) >= 11 is 0. The van der Waals surface area contributed by atoms with E-state index in [0.717, 1.165) is 6.07 Å². The number of halogens is 4. The highest BCUT2D eigenvalue weighted by molar-refractivity contribution is 5.94. The molecule has 0 radical (unpaired) electrons. The molecule has 0 saturated heterocycles. The SMILES string of the molecule is [2H]C(O)(C(=O)N[C@@H]1CCc2c(C)c(F)cc3nc4c(c1c23)Cn1c-4cc2c(c1=O)COC(=O)[C@]2(O)CC)C(F)(F)F. The standard InChI is InChI=1S/C27H23F4N3O6/c1-3-26(39)14-6-18-21-12(8-34(18)24(37)13(14)9-40-25(26)38)20-16(33-23(36)22(35)27(29,30)31)5-4-11-10(2)15(28)7-17(32-21)19(11)20/h6-7,16,22,35,39H,3-5,8-9H2,1-2H3,(H,33,36)/t16-,22?,26+/m1/s1/i22D. The molecular weight excluding hydrogens is 538 g/mol. The van der Waals surface area contributed by atoms with Gasteiger partial charge in [0.2, 0.25) is 6.08 Å². The topological polar surface area (TPSA) is 131 Å². The highest BCUT2D eigenvalue weighted by Crippen LogP contribution is 2.46. The van der Waals surface area contributed by atoms with Crippen molar-refractivity contribution in [2.75, 3.05) is 0 Å². The number of hydrogen-bond acceptors (Lipinski definition) is 7. The van der Waals surface area contributed by atoms with Crippen molar-refractivity contribution in [1.82, 2.24) is 14.9 Å². The van der Waals surface area contributed by atoms with Crippen molar-refractivity contribution in [2.45, 2.75) is 70.2 Å². The van der Waals surface area contributed by atoms with E-state index >= 15 is 0 Å². The quantitative estimate of drug-likeness (QED) is 0.259. The van der Waals surface area contributed by atoms with E-state index in [-0.39, 0.29) is 60.4 Å². The Kier molecular flexibility index (Phi) is 5.39. The number of cyclic esters (lactones) is 1. The molecule has 9 nitrogen and oxygen atoms in total. The van der Waals surface area contributed by atoms with E-state index in [2.05, 4.69) is 10.3 Å². The zero-order valence-corrected chi connectivity index (χ0v) is 21.2. The molecule has 1 aliphatic carbocycles. The van der Waals surface area contributed by atoms with E-state index in [1.165, 1.54) is 10.6 Å². The van der Waals surface area contributed by atoms with Gasteiger partial charge < -0.3 is 24.8 Å². The monoisotopic (exact) mass is 562 g/mol. The fraction of sp³-hybridized carbons (Fsp3) is 0.407. The molecule has 0 spiro atoms. The fourth-order valence-corrected chi connectivity index (χ4v) is 6.05. The maximum absolute atomic E-state index is 14.9. The Morgan fingerprint density at radius 3 is 2.73 bits per heavy atom. The average molecular weight is 562 g/mol. The van der Waals surface area contributed by atoms with Crippen LogP contribution in [-0.2, 0) is 39.5 Å². The third-order valence-electron chi connectivity index (χ3n) is 8.17. The smallest absolute Gasteiger partial charge is 0.423 e. The van der Waals surface area contributed by atoms with Crippen LogP contribution in [0.3, 0.4) is 0 Å². The number of aromatic nitrogens is 2. The van der Waals surface area contributed by atoms with E-state index in [1.54, 1.807) is 13.8 Å². The third kappa shape index (κ3) is 3.53. The van der Waals surface area contributed by atoms with E-state index in [0.29, 0.717) is 27.6 Å². The van der Waals surface area contributed by atoms with Crippen molar-refractivity contribution in [3.63, 3.8) is 0 Å². The fourth-order valence-electron chi connectivity index (χ4n) is 6.05. The molecule has 6 rings (SSSR count). The summed E-state index contributed by atoms with van der Waals surface area (Å²) in [5.41, 5.74) is -0.619. The number of esters is 1. The number of aliphatic hydroxyl groups is 2. The Morgan fingerprint density at radius 2 is 2.05 bits per heavy atom. The summed E-state index contributed by atoms with van der Waals surface area (Å²) < 4.78 is 68.4. The Labute approximate surface area is 224 Å². The molecule has 0 saturated carbocycles. The van der Waals surface area contributed by atoms with E-state index in [9.17, 15) is 42.2 Å². The van der Waals surface area contributed by atoms with Gasteiger partial charge in [0.05, 0.1) is 36.4 Å². The molecule has 2 aromatic heterocycles. The lowest BCUT2D eigenvalue weighted by molar-refractivity contribution is -0.205. The van der Waals surface area contributed by atoms with Crippen LogP contribution in [0.1, 0.15) is 60.6 Å². The first kappa shape index (κ1) is 25.1. The number of nitrogens with zero attached hydrogens (tertiary/aromatic N) is 2. The number of carbonyl (C=O) groups is 2. The lowest BCUT2D eigenvalue weighted by Crippen LogP contribution is -2.45. The first-order valence-electron chi connectivity index (χ1n) is 13.0. The van der Waals surface area contributed by atoms with Gasteiger partial charge in [-0.15, -0.1) is 0 Å². The van der Waals surface area contributed by atoms with Crippen molar-refractivity contribution < 1.29 is 43.5 Å². The van der Waals surface area contributed by atoms with Crippen molar-refractivity contribution >= 4 is 22.8 Å². The number of fused-ring (bicyclic) bond motifs is 5. The largest absolute Gasteiger partial charge is 0.458 e. The molecule has 210 valence electrons. The van der Waals surface area contributed by atoms with Crippen LogP contribution in [0.4, 0.5) is 17.6 Å². The predicted molar refractivity (Wildman–Crippen MR) is 130 cm³/mol. The van der Waals surface area contributed by atoms with Gasteiger partial charge in [0.15, 0.2) is 5.60 Å². The second-order valence-corrected chi connectivity index (χ2v) is 10.2. The molecule has 4 heterocycles. The van der Waals surface area contributed by atoms with E-state index in [1.807, 2.05) is 0 Å². The van der Waals surface area contributed by atoms with Crippen LogP contribution in [0.5, 0.6) is 0 Å². The number of nitrogens with one attached hydrogen (secondary N) is 1. The van der Waals surface area contributed by atoms with Gasteiger partial charge in [0, 0.05) is 22.6 Å². The minimum atomic E-state index is -5.57. The minimum Gasteiger partial charge on any atom is -0.458 e. The first-order valence-corrected chi connectivity index (χ1v) is 12.5. The average Bonchev–Trinajstić information content (AvgIpc) is 3.28. The van der Waals surface area contributed by atoms with Crippen molar-refractivity contribution in [3.05, 3.63) is 61.7 Å². The van der Waals surface area contributed by atoms with Gasteiger partial charge in [-0.3, -0.25) is 9.59 Å². The molecular formula is C27H23F4N3O6. The zero-order chi connectivity index (χ0) is 29.8. The van der Waals surface area contributed by atoms with E-state index in [4.69, 9.17) is 6.11 Å². The molecule has 1 aromatic carbocycles. The number of aryl methyl sites for hydroxylation is 1. The second-order valence-electron chi connectivity index (χ2n) is 10.2. The Balaban J connectivity index is 1.60. The second kappa shape index (κ2) is 8.58. The molecule has 40 heavy (non-hydrogen) atoms. The van der Waals surface area contributed by atoms with Gasteiger partial charge >= 0.3 is 12.1 Å². The highest BCUT2D eigenvalue weighted by atomic mass is 19.4. The lowest BCUT2D eigenvalue weighted by atomic mass is 9.81. The molecule has 1 unspecified atom stereocenters. The molecule has 13 heteroatoms. The van der Waals surface area contributed by atoms with Crippen LogP contribution in [0.25, 0.3) is 22.3 Å². The number of alkyl halides is 3. The van der Waals surface area contributed by atoms with Crippen LogP contribution in [-0.4, -0.2) is 43.9 Å². The highest BCUT2D eigenvalue weighted by Gasteiger charge is 2.47. The molecule has 3 atom stereocenters.